The smallest absolute Gasteiger partial charge is 0.349 e. The topological polar surface area (TPSA) is 92.3 Å². The summed E-state index contributed by atoms with van der Waals surface area (Å²) in [5.41, 5.74) is 2.33. The summed E-state index contributed by atoms with van der Waals surface area (Å²) < 4.78 is 10.7. The Morgan fingerprint density at radius 3 is 2.62 bits per heavy atom. The van der Waals surface area contributed by atoms with Crippen LogP contribution in [0.1, 0.15) is 29.9 Å². The molecule has 0 bridgehead atoms. The lowest BCUT2D eigenvalue weighted by Crippen LogP contribution is -2.31. The highest BCUT2D eigenvalue weighted by molar-refractivity contribution is 5.98. The van der Waals surface area contributed by atoms with E-state index in [0.29, 0.717) is 11.3 Å². The molecule has 6 heteroatoms. The largest absolute Gasteiger partial charge is 0.459 e. The number of hydrogen-bond acceptors (Lipinski definition) is 5. The summed E-state index contributed by atoms with van der Waals surface area (Å²) in [6.07, 6.45) is 1.43. The van der Waals surface area contributed by atoms with Crippen LogP contribution in [0.3, 0.4) is 0 Å². The minimum absolute atomic E-state index is 0.174. The molecule has 1 atom stereocenters. The van der Waals surface area contributed by atoms with Crippen LogP contribution in [0.4, 0.5) is 0 Å². The normalized spacial score (nSPS) is 12.2. The molecular formula is C23H20N2O4. The molecule has 3 rings (SSSR count). The molecular weight excluding hydrogens is 368 g/mol. The number of amides is 1. The van der Waals surface area contributed by atoms with Gasteiger partial charge in [-0.2, -0.15) is 5.26 Å². The monoisotopic (exact) mass is 388 g/mol. The number of rotatable bonds is 6. The summed E-state index contributed by atoms with van der Waals surface area (Å²) in [6, 6.07) is 18.1. The van der Waals surface area contributed by atoms with Crippen LogP contribution in [0.5, 0.6) is 0 Å². The summed E-state index contributed by atoms with van der Waals surface area (Å²) in [6.45, 7) is 3.23. The Hall–Kier alpha value is -3.85. The average Bonchev–Trinajstić information content (AvgIpc) is 3.16. The lowest BCUT2D eigenvalue weighted by Gasteiger charge is -2.11. The Morgan fingerprint density at radius 2 is 1.93 bits per heavy atom. The van der Waals surface area contributed by atoms with Gasteiger partial charge in [0.15, 0.2) is 6.61 Å². The predicted molar refractivity (Wildman–Crippen MR) is 108 cm³/mol. The van der Waals surface area contributed by atoms with Crippen molar-refractivity contribution in [3.05, 3.63) is 77.1 Å². The van der Waals surface area contributed by atoms with Crippen molar-refractivity contribution in [1.82, 2.24) is 5.32 Å². The van der Waals surface area contributed by atoms with Crippen LogP contribution < -0.4 is 5.32 Å². The number of ether oxygens (including phenoxy) is 1. The Balaban J connectivity index is 1.56. The molecule has 0 fully saturated rings. The number of nitrogens with one attached hydrogen (secondary N) is 1. The van der Waals surface area contributed by atoms with Crippen molar-refractivity contribution in [2.45, 2.75) is 19.9 Å². The van der Waals surface area contributed by atoms with E-state index in [4.69, 9.17) is 9.15 Å². The summed E-state index contributed by atoms with van der Waals surface area (Å²) in [5, 5.41) is 12.9. The zero-order chi connectivity index (χ0) is 20.8. The number of fused-ring (bicyclic) bond motifs is 1. The van der Waals surface area contributed by atoms with E-state index in [1.165, 1.54) is 6.08 Å². The van der Waals surface area contributed by atoms with E-state index in [0.717, 1.165) is 16.5 Å². The highest BCUT2D eigenvalue weighted by Crippen LogP contribution is 2.23. The van der Waals surface area contributed by atoms with Crippen molar-refractivity contribution < 1.29 is 18.7 Å². The first-order valence-electron chi connectivity index (χ1n) is 9.09. The number of carbonyl (C=O) groups excluding carboxylic acids is 2. The average molecular weight is 388 g/mol. The summed E-state index contributed by atoms with van der Waals surface area (Å²) >= 11 is 0. The number of aryl methyl sites for hydroxylation is 1. The SMILES string of the molecule is Cc1ccc(/C=C(\C#N)C(=O)OCC(=O)N[C@H](C)c2cc3ccccc3o2)cc1. The third-order valence-electron chi connectivity index (χ3n) is 4.31. The maximum atomic E-state index is 12.1. The standard InChI is InChI=1S/C23H20N2O4/c1-15-7-9-17(10-8-15)11-19(13-24)23(27)28-14-22(26)25-16(2)21-12-18-5-3-4-6-20(18)29-21/h3-12,16H,14H2,1-2H3,(H,25,26)/b19-11+/t16-/m1/s1. The van der Waals surface area contributed by atoms with Crippen LogP contribution in [-0.4, -0.2) is 18.5 Å². The number of hydrogen-bond donors (Lipinski definition) is 1. The van der Waals surface area contributed by atoms with E-state index in [1.54, 1.807) is 19.1 Å². The Kier molecular flexibility index (Phi) is 6.10. The summed E-state index contributed by atoms with van der Waals surface area (Å²) in [7, 11) is 0. The second-order valence-electron chi connectivity index (χ2n) is 6.63. The Morgan fingerprint density at radius 1 is 1.21 bits per heavy atom. The van der Waals surface area contributed by atoms with Gasteiger partial charge in [0.2, 0.25) is 0 Å². The molecule has 1 heterocycles. The van der Waals surface area contributed by atoms with Crippen molar-refractivity contribution >= 4 is 28.9 Å². The van der Waals surface area contributed by atoms with Gasteiger partial charge in [-0.05, 0) is 37.6 Å². The summed E-state index contributed by atoms with van der Waals surface area (Å²) in [5.74, 6) is -0.735. The number of nitriles is 1. The van der Waals surface area contributed by atoms with Crippen LogP contribution in [0.25, 0.3) is 17.0 Å². The molecule has 1 aromatic heterocycles. The predicted octanol–water partition coefficient (Wildman–Crippen LogP) is 4.07. The maximum absolute atomic E-state index is 12.1. The molecule has 0 radical (unpaired) electrons. The van der Waals surface area contributed by atoms with Crippen LogP contribution in [0, 0.1) is 18.3 Å². The molecule has 0 saturated heterocycles. The molecule has 1 amide bonds. The molecule has 0 aliphatic carbocycles. The van der Waals surface area contributed by atoms with E-state index in [1.807, 2.05) is 55.5 Å². The quantitative estimate of drug-likeness (QED) is 0.390. The van der Waals surface area contributed by atoms with Gasteiger partial charge in [-0.25, -0.2) is 4.79 Å². The van der Waals surface area contributed by atoms with Crippen molar-refractivity contribution in [1.29, 1.82) is 5.26 Å². The first-order chi connectivity index (χ1) is 14.0. The van der Waals surface area contributed by atoms with Gasteiger partial charge in [-0.3, -0.25) is 4.79 Å². The summed E-state index contributed by atoms with van der Waals surface area (Å²) in [4.78, 5) is 24.2. The van der Waals surface area contributed by atoms with E-state index in [9.17, 15) is 14.9 Å². The number of carbonyl (C=O) groups is 2. The molecule has 0 saturated carbocycles. The van der Waals surface area contributed by atoms with Crippen molar-refractivity contribution in [2.24, 2.45) is 0 Å². The molecule has 146 valence electrons. The minimum Gasteiger partial charge on any atom is -0.459 e. The van der Waals surface area contributed by atoms with Gasteiger partial charge in [0.1, 0.15) is 23.0 Å². The second-order valence-corrected chi connectivity index (χ2v) is 6.63. The van der Waals surface area contributed by atoms with Gasteiger partial charge in [-0.1, -0.05) is 48.0 Å². The molecule has 0 unspecified atom stereocenters. The highest BCUT2D eigenvalue weighted by Gasteiger charge is 2.17. The molecule has 0 aliphatic heterocycles. The van der Waals surface area contributed by atoms with Gasteiger partial charge < -0.3 is 14.5 Å². The fraction of sp³-hybridized carbons (Fsp3) is 0.174. The van der Waals surface area contributed by atoms with Gasteiger partial charge in [0.05, 0.1) is 6.04 Å². The van der Waals surface area contributed by atoms with Gasteiger partial charge in [0.25, 0.3) is 5.91 Å². The third-order valence-corrected chi connectivity index (χ3v) is 4.31. The fourth-order valence-electron chi connectivity index (χ4n) is 2.75. The number of furan rings is 1. The van der Waals surface area contributed by atoms with Crippen LogP contribution in [-0.2, 0) is 14.3 Å². The van der Waals surface area contributed by atoms with E-state index in [2.05, 4.69) is 5.32 Å². The molecule has 3 aromatic rings. The molecule has 6 nitrogen and oxygen atoms in total. The van der Waals surface area contributed by atoms with Crippen molar-refractivity contribution in [2.75, 3.05) is 6.61 Å². The third kappa shape index (κ3) is 5.11. The lowest BCUT2D eigenvalue weighted by atomic mass is 10.1. The number of nitrogens with zero attached hydrogens (tertiary/aromatic N) is 1. The van der Waals surface area contributed by atoms with Gasteiger partial charge >= 0.3 is 5.97 Å². The Bertz CT molecular complexity index is 1070. The van der Waals surface area contributed by atoms with E-state index in [-0.39, 0.29) is 5.57 Å². The van der Waals surface area contributed by atoms with Crippen molar-refractivity contribution in [3.8, 4) is 6.07 Å². The van der Waals surface area contributed by atoms with Crippen LogP contribution >= 0.6 is 0 Å². The molecule has 0 aliphatic rings. The van der Waals surface area contributed by atoms with E-state index >= 15 is 0 Å². The van der Waals surface area contributed by atoms with E-state index < -0.39 is 24.5 Å². The number of benzene rings is 2. The zero-order valence-corrected chi connectivity index (χ0v) is 16.1. The first-order valence-corrected chi connectivity index (χ1v) is 9.09. The molecule has 2 aromatic carbocycles. The second kappa shape index (κ2) is 8.89. The first kappa shape index (κ1) is 19.9. The van der Waals surface area contributed by atoms with Crippen molar-refractivity contribution in [3.63, 3.8) is 0 Å². The molecule has 29 heavy (non-hydrogen) atoms. The van der Waals surface area contributed by atoms with Crippen LogP contribution in [0.2, 0.25) is 0 Å². The highest BCUT2D eigenvalue weighted by atomic mass is 16.5. The lowest BCUT2D eigenvalue weighted by molar-refractivity contribution is -0.144. The number of esters is 1. The van der Waals surface area contributed by atoms with Gasteiger partial charge in [0, 0.05) is 5.39 Å². The molecule has 1 N–H and O–H groups in total. The number of para-hydroxylation sites is 1. The Labute approximate surface area is 168 Å². The van der Waals surface area contributed by atoms with Gasteiger partial charge in [-0.15, -0.1) is 0 Å². The van der Waals surface area contributed by atoms with Crippen LogP contribution in [0.15, 0.2) is 64.6 Å². The molecule has 0 spiro atoms. The fourth-order valence-corrected chi connectivity index (χ4v) is 2.75. The minimum atomic E-state index is -0.848. The maximum Gasteiger partial charge on any atom is 0.349 e. The zero-order valence-electron chi connectivity index (χ0n) is 16.1.